The minimum absolute atomic E-state index is 0.167. The molecule has 1 aromatic carbocycles. The van der Waals surface area contributed by atoms with Gasteiger partial charge in [0.2, 0.25) is 0 Å². The van der Waals surface area contributed by atoms with Crippen molar-refractivity contribution in [3.63, 3.8) is 0 Å². The van der Waals surface area contributed by atoms with E-state index in [1.807, 2.05) is 0 Å². The van der Waals surface area contributed by atoms with Crippen molar-refractivity contribution in [1.82, 2.24) is 0 Å². The standard InChI is InChI=1S/C11H9ClFNO2/c12-10-4-3-9(16-10)11(15)7-2-1-6(13)5-8(7)14/h1-5,11,15H,14H2. The van der Waals surface area contributed by atoms with E-state index >= 15 is 0 Å². The van der Waals surface area contributed by atoms with E-state index in [0.29, 0.717) is 5.56 Å². The number of nitrogens with two attached hydrogens (primary N) is 1. The molecule has 0 aliphatic carbocycles. The number of aliphatic hydroxyl groups excluding tert-OH is 1. The normalized spacial score (nSPS) is 12.7. The number of nitrogen functional groups attached to an aromatic ring is 1. The second kappa shape index (κ2) is 4.15. The molecular formula is C11H9ClFNO2. The van der Waals surface area contributed by atoms with Gasteiger partial charge < -0.3 is 15.3 Å². The molecule has 1 heterocycles. The van der Waals surface area contributed by atoms with Gasteiger partial charge in [0.15, 0.2) is 5.22 Å². The van der Waals surface area contributed by atoms with Crippen LogP contribution in [0.25, 0.3) is 0 Å². The van der Waals surface area contributed by atoms with Crippen molar-refractivity contribution >= 4 is 17.3 Å². The van der Waals surface area contributed by atoms with Crippen LogP contribution in [0.15, 0.2) is 34.7 Å². The van der Waals surface area contributed by atoms with Crippen molar-refractivity contribution in [2.75, 3.05) is 5.73 Å². The summed E-state index contributed by atoms with van der Waals surface area (Å²) >= 11 is 5.59. The van der Waals surface area contributed by atoms with Crippen LogP contribution in [0.5, 0.6) is 0 Å². The van der Waals surface area contributed by atoms with E-state index in [9.17, 15) is 9.50 Å². The summed E-state index contributed by atoms with van der Waals surface area (Å²) in [6.07, 6.45) is -1.05. The summed E-state index contributed by atoms with van der Waals surface area (Å²) in [6, 6.07) is 6.82. The Morgan fingerprint density at radius 1 is 1.31 bits per heavy atom. The van der Waals surface area contributed by atoms with Gasteiger partial charge in [-0.3, -0.25) is 0 Å². The van der Waals surface area contributed by atoms with Gasteiger partial charge in [-0.2, -0.15) is 0 Å². The van der Waals surface area contributed by atoms with Crippen LogP contribution in [0, 0.1) is 5.82 Å². The van der Waals surface area contributed by atoms with E-state index in [2.05, 4.69) is 0 Å². The summed E-state index contributed by atoms with van der Waals surface area (Å²) in [5, 5.41) is 10.1. The summed E-state index contributed by atoms with van der Waals surface area (Å²) < 4.78 is 17.9. The van der Waals surface area contributed by atoms with E-state index in [1.54, 1.807) is 0 Å². The molecule has 1 unspecified atom stereocenters. The summed E-state index contributed by atoms with van der Waals surface area (Å²) in [5.74, 6) is -0.186. The van der Waals surface area contributed by atoms with Gasteiger partial charge in [-0.15, -0.1) is 0 Å². The van der Waals surface area contributed by atoms with E-state index in [1.165, 1.54) is 24.3 Å². The van der Waals surface area contributed by atoms with Crippen LogP contribution in [-0.2, 0) is 0 Å². The second-order valence-corrected chi connectivity index (χ2v) is 3.69. The highest BCUT2D eigenvalue weighted by Crippen LogP contribution is 2.29. The highest BCUT2D eigenvalue weighted by Gasteiger charge is 2.17. The lowest BCUT2D eigenvalue weighted by molar-refractivity contribution is 0.190. The van der Waals surface area contributed by atoms with Crippen LogP contribution in [0.1, 0.15) is 17.4 Å². The molecule has 16 heavy (non-hydrogen) atoms. The Morgan fingerprint density at radius 2 is 2.06 bits per heavy atom. The minimum atomic E-state index is -1.05. The van der Waals surface area contributed by atoms with Crippen molar-refractivity contribution in [2.45, 2.75) is 6.10 Å². The van der Waals surface area contributed by atoms with Crippen LogP contribution >= 0.6 is 11.6 Å². The quantitative estimate of drug-likeness (QED) is 0.795. The molecule has 3 nitrogen and oxygen atoms in total. The fraction of sp³-hybridized carbons (Fsp3) is 0.0909. The van der Waals surface area contributed by atoms with Crippen LogP contribution < -0.4 is 5.73 Å². The van der Waals surface area contributed by atoms with Crippen LogP contribution in [-0.4, -0.2) is 5.11 Å². The number of hydrogen-bond donors (Lipinski definition) is 2. The molecule has 84 valence electrons. The first-order chi connectivity index (χ1) is 7.58. The molecule has 1 atom stereocenters. The Morgan fingerprint density at radius 3 is 2.62 bits per heavy atom. The van der Waals surface area contributed by atoms with Crippen LogP contribution in [0.4, 0.5) is 10.1 Å². The van der Waals surface area contributed by atoms with Crippen LogP contribution in [0.3, 0.4) is 0 Å². The third kappa shape index (κ3) is 2.03. The van der Waals surface area contributed by atoms with E-state index in [4.69, 9.17) is 21.8 Å². The summed E-state index contributed by atoms with van der Waals surface area (Å²) in [4.78, 5) is 0. The number of furan rings is 1. The molecule has 5 heteroatoms. The van der Waals surface area contributed by atoms with Gasteiger partial charge in [-0.1, -0.05) is 6.07 Å². The largest absolute Gasteiger partial charge is 0.447 e. The Bertz CT molecular complexity index is 512. The predicted octanol–water partition coefficient (Wildman–Crippen LogP) is 2.74. The number of anilines is 1. The van der Waals surface area contributed by atoms with Gasteiger partial charge in [0.1, 0.15) is 17.7 Å². The highest BCUT2D eigenvalue weighted by molar-refractivity contribution is 6.28. The topological polar surface area (TPSA) is 59.4 Å². The third-order valence-corrected chi connectivity index (χ3v) is 2.41. The van der Waals surface area contributed by atoms with E-state index in [-0.39, 0.29) is 16.7 Å². The Kier molecular flexibility index (Phi) is 2.85. The number of halogens is 2. The van der Waals surface area contributed by atoms with Gasteiger partial charge >= 0.3 is 0 Å². The maximum atomic E-state index is 12.8. The predicted molar refractivity (Wildman–Crippen MR) is 58.6 cm³/mol. The van der Waals surface area contributed by atoms with Crippen molar-refractivity contribution in [1.29, 1.82) is 0 Å². The minimum Gasteiger partial charge on any atom is -0.447 e. The SMILES string of the molecule is Nc1cc(F)ccc1C(O)c1ccc(Cl)o1. The average Bonchev–Trinajstić information content (AvgIpc) is 2.64. The fourth-order valence-corrected chi connectivity index (χ4v) is 1.58. The molecule has 0 saturated heterocycles. The first kappa shape index (κ1) is 11.0. The molecule has 0 amide bonds. The first-order valence-electron chi connectivity index (χ1n) is 4.56. The molecule has 2 aromatic rings. The monoisotopic (exact) mass is 241 g/mol. The fourth-order valence-electron chi connectivity index (χ4n) is 1.42. The van der Waals surface area contributed by atoms with Crippen molar-refractivity contribution in [2.24, 2.45) is 0 Å². The van der Waals surface area contributed by atoms with Gasteiger partial charge in [0.25, 0.3) is 0 Å². The molecular weight excluding hydrogens is 233 g/mol. The van der Waals surface area contributed by atoms with Gasteiger partial charge in [0, 0.05) is 11.3 Å². The third-order valence-electron chi connectivity index (χ3n) is 2.21. The van der Waals surface area contributed by atoms with Crippen molar-refractivity contribution in [3.8, 4) is 0 Å². The lowest BCUT2D eigenvalue weighted by Crippen LogP contribution is -2.03. The van der Waals surface area contributed by atoms with E-state index in [0.717, 1.165) is 6.07 Å². The zero-order valence-corrected chi connectivity index (χ0v) is 8.91. The van der Waals surface area contributed by atoms with Crippen molar-refractivity contribution in [3.05, 3.63) is 52.7 Å². The lowest BCUT2D eigenvalue weighted by Gasteiger charge is -2.10. The molecule has 2 rings (SSSR count). The molecule has 0 spiro atoms. The molecule has 0 aliphatic heterocycles. The smallest absolute Gasteiger partial charge is 0.193 e. The van der Waals surface area contributed by atoms with E-state index < -0.39 is 11.9 Å². The Labute approximate surface area is 96.3 Å². The zero-order valence-electron chi connectivity index (χ0n) is 8.15. The number of hydrogen-bond acceptors (Lipinski definition) is 3. The Balaban J connectivity index is 2.37. The maximum Gasteiger partial charge on any atom is 0.193 e. The lowest BCUT2D eigenvalue weighted by atomic mass is 10.1. The molecule has 0 aliphatic rings. The molecule has 1 aromatic heterocycles. The summed E-state index contributed by atoms with van der Waals surface area (Å²) in [7, 11) is 0. The maximum absolute atomic E-state index is 12.8. The Hall–Kier alpha value is -1.52. The van der Waals surface area contributed by atoms with Crippen molar-refractivity contribution < 1.29 is 13.9 Å². The molecule has 3 N–H and O–H groups in total. The molecule has 0 fully saturated rings. The first-order valence-corrected chi connectivity index (χ1v) is 4.94. The highest BCUT2D eigenvalue weighted by atomic mass is 35.5. The average molecular weight is 242 g/mol. The second-order valence-electron chi connectivity index (χ2n) is 3.32. The van der Waals surface area contributed by atoms with Gasteiger partial charge in [-0.05, 0) is 35.9 Å². The number of aliphatic hydroxyl groups is 1. The van der Waals surface area contributed by atoms with Crippen LogP contribution in [0.2, 0.25) is 5.22 Å². The zero-order chi connectivity index (χ0) is 11.7. The molecule has 0 bridgehead atoms. The summed E-state index contributed by atoms with van der Waals surface area (Å²) in [5.41, 5.74) is 6.14. The van der Waals surface area contributed by atoms with Gasteiger partial charge in [-0.25, -0.2) is 4.39 Å². The number of rotatable bonds is 2. The molecule has 0 saturated carbocycles. The summed E-state index contributed by atoms with van der Waals surface area (Å²) in [6.45, 7) is 0. The molecule has 0 radical (unpaired) electrons. The van der Waals surface area contributed by atoms with Gasteiger partial charge in [0.05, 0.1) is 0 Å². The number of benzene rings is 1.